The Morgan fingerprint density at radius 1 is 1.38 bits per heavy atom. The minimum absolute atomic E-state index is 0.529. The van der Waals surface area contributed by atoms with E-state index in [0.29, 0.717) is 5.41 Å². The molecule has 0 radical (unpaired) electrons. The largest absolute Gasteiger partial charge is 0.0811 e. The molecule has 0 bridgehead atoms. The van der Waals surface area contributed by atoms with Crippen LogP contribution in [0.1, 0.15) is 47.0 Å². The molecule has 1 saturated carbocycles. The Hall–Kier alpha value is -0.260. The van der Waals surface area contributed by atoms with Gasteiger partial charge in [-0.05, 0) is 29.6 Å². The van der Waals surface area contributed by atoms with Gasteiger partial charge in [-0.25, -0.2) is 0 Å². The number of rotatable bonds is 3. The van der Waals surface area contributed by atoms with Crippen LogP contribution in [0.5, 0.6) is 0 Å². The zero-order valence-corrected chi connectivity index (χ0v) is 9.43. The van der Waals surface area contributed by atoms with Crippen LogP contribution in [0.2, 0.25) is 0 Å². The van der Waals surface area contributed by atoms with E-state index in [0.717, 1.165) is 17.8 Å². The lowest BCUT2D eigenvalue weighted by Crippen LogP contribution is -2.27. The Kier molecular flexibility index (Phi) is 2.05. The van der Waals surface area contributed by atoms with Gasteiger partial charge in [0, 0.05) is 0 Å². The summed E-state index contributed by atoms with van der Waals surface area (Å²) in [4.78, 5) is 0. The minimum Gasteiger partial charge on any atom is -0.0811 e. The van der Waals surface area contributed by atoms with Gasteiger partial charge >= 0.3 is 0 Å². The SMILES string of the molecule is CC[C@@H]1C2CC2=C[C@@H]1C(C)(C)CC. The minimum atomic E-state index is 0.529. The zero-order chi connectivity index (χ0) is 9.64. The fourth-order valence-corrected chi connectivity index (χ4v) is 3.00. The number of allylic oxidation sites excluding steroid dienone is 2. The third-order valence-electron chi connectivity index (χ3n) is 4.43. The number of hydrogen-bond donors (Lipinski definition) is 0. The lowest BCUT2D eigenvalue weighted by molar-refractivity contribution is 0.169. The first kappa shape index (κ1) is 9.30. The third kappa shape index (κ3) is 1.35. The van der Waals surface area contributed by atoms with Gasteiger partial charge in [-0.3, -0.25) is 0 Å². The van der Waals surface area contributed by atoms with Gasteiger partial charge in [0.15, 0.2) is 0 Å². The molecule has 0 saturated heterocycles. The fourth-order valence-electron chi connectivity index (χ4n) is 3.00. The van der Waals surface area contributed by atoms with Crippen LogP contribution in [0.3, 0.4) is 0 Å². The Bertz CT molecular complexity index is 234. The highest BCUT2D eigenvalue weighted by Crippen LogP contribution is 2.59. The first-order chi connectivity index (χ1) is 6.10. The second-order valence-electron chi connectivity index (χ2n) is 5.49. The van der Waals surface area contributed by atoms with Crippen molar-refractivity contribution in [2.75, 3.05) is 0 Å². The predicted octanol–water partition coefficient (Wildman–Crippen LogP) is 4.02. The Labute approximate surface area is 82.4 Å². The molecule has 1 unspecified atom stereocenters. The van der Waals surface area contributed by atoms with Gasteiger partial charge in [0.05, 0.1) is 0 Å². The Balaban J connectivity index is 2.15. The van der Waals surface area contributed by atoms with Crippen molar-refractivity contribution in [2.45, 2.75) is 47.0 Å². The normalized spacial score (nSPS) is 37.2. The molecule has 0 amide bonds. The van der Waals surface area contributed by atoms with E-state index < -0.39 is 0 Å². The van der Waals surface area contributed by atoms with Crippen LogP contribution in [-0.4, -0.2) is 0 Å². The second kappa shape index (κ2) is 2.87. The number of fused-ring (bicyclic) bond motifs is 1. The van der Waals surface area contributed by atoms with Crippen LogP contribution >= 0.6 is 0 Å². The zero-order valence-electron chi connectivity index (χ0n) is 9.43. The standard InChI is InChI=1S/C13H22/c1-5-10-11-7-9(11)8-12(10)13(3,4)6-2/h8,10-12H,5-7H2,1-4H3/t10-,11?,12+/m1/s1. The van der Waals surface area contributed by atoms with Crippen molar-refractivity contribution in [2.24, 2.45) is 23.2 Å². The highest BCUT2D eigenvalue weighted by atomic mass is 14.5. The molecule has 0 aromatic carbocycles. The van der Waals surface area contributed by atoms with Crippen molar-refractivity contribution in [1.82, 2.24) is 0 Å². The third-order valence-corrected chi connectivity index (χ3v) is 4.43. The molecule has 0 aromatic heterocycles. The highest BCUT2D eigenvalue weighted by molar-refractivity contribution is 5.33. The molecule has 0 N–H and O–H groups in total. The summed E-state index contributed by atoms with van der Waals surface area (Å²) in [7, 11) is 0. The summed E-state index contributed by atoms with van der Waals surface area (Å²) in [6.45, 7) is 9.55. The van der Waals surface area contributed by atoms with Gasteiger partial charge < -0.3 is 0 Å². The summed E-state index contributed by atoms with van der Waals surface area (Å²) < 4.78 is 0. The van der Waals surface area contributed by atoms with Crippen molar-refractivity contribution in [3.63, 3.8) is 0 Å². The first-order valence-corrected chi connectivity index (χ1v) is 5.80. The van der Waals surface area contributed by atoms with E-state index in [1.165, 1.54) is 19.3 Å². The van der Waals surface area contributed by atoms with E-state index in [1.54, 1.807) is 5.57 Å². The molecule has 2 rings (SSSR count). The van der Waals surface area contributed by atoms with Crippen LogP contribution in [0.25, 0.3) is 0 Å². The van der Waals surface area contributed by atoms with Crippen LogP contribution in [0, 0.1) is 23.2 Å². The van der Waals surface area contributed by atoms with Crippen molar-refractivity contribution in [3.8, 4) is 0 Å². The van der Waals surface area contributed by atoms with E-state index in [2.05, 4.69) is 33.8 Å². The van der Waals surface area contributed by atoms with Gasteiger partial charge in [0.25, 0.3) is 0 Å². The van der Waals surface area contributed by atoms with Crippen LogP contribution < -0.4 is 0 Å². The molecule has 13 heavy (non-hydrogen) atoms. The second-order valence-corrected chi connectivity index (χ2v) is 5.49. The van der Waals surface area contributed by atoms with Crippen molar-refractivity contribution >= 4 is 0 Å². The molecule has 0 nitrogen and oxygen atoms in total. The predicted molar refractivity (Wildman–Crippen MR) is 57.5 cm³/mol. The molecule has 1 fully saturated rings. The molecule has 2 aliphatic rings. The van der Waals surface area contributed by atoms with E-state index in [9.17, 15) is 0 Å². The van der Waals surface area contributed by atoms with Crippen molar-refractivity contribution in [3.05, 3.63) is 11.6 Å². The maximum absolute atomic E-state index is 2.60. The summed E-state index contributed by atoms with van der Waals surface area (Å²) in [6, 6.07) is 0. The maximum Gasteiger partial charge on any atom is -0.0131 e. The number of hydrogen-bond acceptors (Lipinski definition) is 0. The average molecular weight is 178 g/mol. The molecule has 0 heterocycles. The Morgan fingerprint density at radius 2 is 2.08 bits per heavy atom. The van der Waals surface area contributed by atoms with E-state index >= 15 is 0 Å². The smallest absolute Gasteiger partial charge is 0.0131 e. The lowest BCUT2D eigenvalue weighted by Gasteiger charge is -2.35. The molecule has 74 valence electrons. The van der Waals surface area contributed by atoms with Gasteiger partial charge in [0.1, 0.15) is 0 Å². The van der Waals surface area contributed by atoms with E-state index in [1.807, 2.05) is 0 Å². The van der Waals surface area contributed by atoms with Crippen molar-refractivity contribution in [1.29, 1.82) is 0 Å². The fraction of sp³-hybridized carbons (Fsp3) is 0.846. The van der Waals surface area contributed by atoms with Crippen LogP contribution in [-0.2, 0) is 0 Å². The average Bonchev–Trinajstić information content (AvgIpc) is 2.78. The maximum atomic E-state index is 2.60. The summed E-state index contributed by atoms with van der Waals surface area (Å²) >= 11 is 0. The van der Waals surface area contributed by atoms with Crippen LogP contribution in [0.4, 0.5) is 0 Å². The molecule has 0 heteroatoms. The molecular weight excluding hydrogens is 156 g/mol. The summed E-state index contributed by atoms with van der Waals surface area (Å²) in [5.41, 5.74) is 2.31. The topological polar surface area (TPSA) is 0 Å². The van der Waals surface area contributed by atoms with E-state index in [4.69, 9.17) is 0 Å². The lowest BCUT2D eigenvalue weighted by atomic mass is 9.70. The summed E-state index contributed by atoms with van der Waals surface area (Å²) in [5.74, 6) is 2.85. The van der Waals surface area contributed by atoms with Crippen LogP contribution in [0.15, 0.2) is 11.6 Å². The quantitative estimate of drug-likeness (QED) is 0.572. The summed E-state index contributed by atoms with van der Waals surface area (Å²) in [5, 5.41) is 0. The highest BCUT2D eigenvalue weighted by Gasteiger charge is 2.49. The Morgan fingerprint density at radius 3 is 2.62 bits per heavy atom. The van der Waals surface area contributed by atoms with Gasteiger partial charge in [-0.2, -0.15) is 0 Å². The molecule has 0 aliphatic heterocycles. The van der Waals surface area contributed by atoms with Crippen molar-refractivity contribution < 1.29 is 0 Å². The molecule has 3 atom stereocenters. The van der Waals surface area contributed by atoms with E-state index in [-0.39, 0.29) is 0 Å². The summed E-state index contributed by atoms with van der Waals surface area (Å²) in [6.07, 6.45) is 6.71. The molecule has 2 aliphatic carbocycles. The van der Waals surface area contributed by atoms with Gasteiger partial charge in [-0.1, -0.05) is 52.2 Å². The first-order valence-electron chi connectivity index (χ1n) is 5.80. The molecule has 0 spiro atoms. The monoisotopic (exact) mass is 178 g/mol. The molecule has 0 aromatic rings. The van der Waals surface area contributed by atoms with Gasteiger partial charge in [-0.15, -0.1) is 0 Å². The molecular formula is C13H22. The van der Waals surface area contributed by atoms with Gasteiger partial charge in [0.2, 0.25) is 0 Å².